The minimum Gasteiger partial charge on any atom is -0.466 e. The van der Waals surface area contributed by atoms with Crippen LogP contribution in [0.25, 0.3) is 5.57 Å². The first-order valence-electron chi connectivity index (χ1n) is 6.48. The highest BCUT2D eigenvalue weighted by Crippen LogP contribution is 2.42. The molecule has 0 amide bonds. The first-order chi connectivity index (χ1) is 8.94. The zero-order chi connectivity index (χ0) is 14.0. The summed E-state index contributed by atoms with van der Waals surface area (Å²) in [5.74, 6) is 0.875. The Kier molecular flexibility index (Phi) is 4.04. The van der Waals surface area contributed by atoms with E-state index < -0.39 is 0 Å². The largest absolute Gasteiger partial charge is 0.466 e. The molecule has 3 heteroatoms. The lowest BCUT2D eigenvalue weighted by Gasteiger charge is -2.32. The summed E-state index contributed by atoms with van der Waals surface area (Å²) < 4.78 is 4.68. The molecule has 0 aromatic heterocycles. The minimum atomic E-state index is -0.302. The minimum absolute atomic E-state index is 0.210. The van der Waals surface area contributed by atoms with E-state index in [1.165, 1.54) is 29.7 Å². The van der Waals surface area contributed by atoms with Gasteiger partial charge in [0, 0.05) is 11.0 Å². The van der Waals surface area contributed by atoms with Gasteiger partial charge < -0.3 is 4.74 Å². The highest BCUT2D eigenvalue weighted by atomic mass is 32.2. The zero-order valence-electron chi connectivity index (χ0n) is 11.9. The van der Waals surface area contributed by atoms with Crippen molar-refractivity contribution in [2.75, 3.05) is 12.9 Å². The second kappa shape index (κ2) is 5.41. The van der Waals surface area contributed by atoms with Crippen molar-refractivity contribution >= 4 is 23.3 Å². The highest BCUT2D eigenvalue weighted by Gasteiger charge is 2.27. The van der Waals surface area contributed by atoms with Crippen molar-refractivity contribution in [3.05, 3.63) is 35.4 Å². The van der Waals surface area contributed by atoms with Crippen LogP contribution in [-0.2, 0) is 14.9 Å². The van der Waals surface area contributed by atoms with Crippen molar-refractivity contribution in [3.63, 3.8) is 0 Å². The van der Waals surface area contributed by atoms with Gasteiger partial charge in [0.15, 0.2) is 0 Å². The summed E-state index contributed by atoms with van der Waals surface area (Å²) >= 11 is 1.92. The van der Waals surface area contributed by atoms with Crippen LogP contribution in [0.3, 0.4) is 0 Å². The lowest BCUT2D eigenvalue weighted by molar-refractivity contribution is -0.134. The molecule has 102 valence electrons. The molecule has 0 radical (unpaired) electrons. The Morgan fingerprint density at radius 3 is 2.84 bits per heavy atom. The number of allylic oxidation sites excluding steroid dienone is 1. The van der Waals surface area contributed by atoms with Crippen LogP contribution >= 0.6 is 11.8 Å². The van der Waals surface area contributed by atoms with Gasteiger partial charge in [-0.25, -0.2) is 4.79 Å². The molecule has 0 saturated carbocycles. The predicted octanol–water partition coefficient (Wildman–Crippen LogP) is 4.04. The number of hydrogen-bond donors (Lipinski definition) is 0. The van der Waals surface area contributed by atoms with Gasteiger partial charge in [-0.15, -0.1) is 11.8 Å². The molecule has 1 aromatic carbocycles. The molecular weight excluding hydrogens is 256 g/mol. The Bertz CT molecular complexity index is 530. The summed E-state index contributed by atoms with van der Waals surface area (Å²) in [6.07, 6.45) is 2.73. The molecule has 1 aromatic rings. The van der Waals surface area contributed by atoms with Crippen molar-refractivity contribution in [3.8, 4) is 0 Å². The molecule has 0 saturated heterocycles. The summed E-state index contributed by atoms with van der Waals surface area (Å²) in [5.41, 5.74) is 3.64. The summed E-state index contributed by atoms with van der Waals surface area (Å²) in [6, 6.07) is 6.48. The first kappa shape index (κ1) is 14.2. The number of methoxy groups -OCH3 is 1. The van der Waals surface area contributed by atoms with E-state index in [0.717, 1.165) is 11.1 Å². The number of carbonyl (C=O) groups excluding carboxylic acids is 1. The van der Waals surface area contributed by atoms with E-state index in [9.17, 15) is 4.79 Å². The van der Waals surface area contributed by atoms with E-state index >= 15 is 0 Å². The lowest BCUT2D eigenvalue weighted by Crippen LogP contribution is -2.22. The SMILES string of the molecule is COC(=O)/C=C(/C)c1ccc2c(c1)C(C)(C)CCS2. The van der Waals surface area contributed by atoms with Crippen LogP contribution in [0, 0.1) is 0 Å². The lowest BCUT2D eigenvalue weighted by atomic mass is 9.80. The Hall–Kier alpha value is -1.22. The Morgan fingerprint density at radius 2 is 2.16 bits per heavy atom. The molecule has 0 bridgehead atoms. The summed E-state index contributed by atoms with van der Waals surface area (Å²) in [4.78, 5) is 12.7. The fourth-order valence-electron chi connectivity index (χ4n) is 2.30. The predicted molar refractivity (Wildman–Crippen MR) is 80.5 cm³/mol. The maximum absolute atomic E-state index is 11.3. The molecule has 0 spiro atoms. The van der Waals surface area contributed by atoms with E-state index in [-0.39, 0.29) is 11.4 Å². The van der Waals surface area contributed by atoms with Crippen LogP contribution < -0.4 is 0 Å². The average molecular weight is 276 g/mol. The van der Waals surface area contributed by atoms with Gasteiger partial charge in [0.05, 0.1) is 7.11 Å². The van der Waals surface area contributed by atoms with Gasteiger partial charge in [0.1, 0.15) is 0 Å². The van der Waals surface area contributed by atoms with Gasteiger partial charge in [-0.3, -0.25) is 0 Å². The Balaban J connectivity index is 2.40. The molecule has 2 rings (SSSR count). The van der Waals surface area contributed by atoms with Crippen LogP contribution in [0.1, 0.15) is 38.3 Å². The first-order valence-corrected chi connectivity index (χ1v) is 7.46. The summed E-state index contributed by atoms with van der Waals surface area (Å²) in [6.45, 7) is 6.52. The molecule has 2 nitrogen and oxygen atoms in total. The van der Waals surface area contributed by atoms with Crippen molar-refractivity contribution < 1.29 is 9.53 Å². The molecular formula is C16H20O2S. The van der Waals surface area contributed by atoms with E-state index in [0.29, 0.717) is 0 Å². The average Bonchev–Trinajstić information content (AvgIpc) is 2.38. The van der Waals surface area contributed by atoms with Crippen molar-refractivity contribution in [2.24, 2.45) is 0 Å². The molecule has 0 fully saturated rings. The number of thioether (sulfide) groups is 1. The number of fused-ring (bicyclic) bond motifs is 1. The monoisotopic (exact) mass is 276 g/mol. The fraction of sp³-hybridized carbons (Fsp3) is 0.438. The van der Waals surface area contributed by atoms with Crippen molar-refractivity contribution in [1.82, 2.24) is 0 Å². The van der Waals surface area contributed by atoms with Crippen LogP contribution in [-0.4, -0.2) is 18.8 Å². The van der Waals surface area contributed by atoms with Gasteiger partial charge in [0.25, 0.3) is 0 Å². The van der Waals surface area contributed by atoms with E-state index in [1.54, 1.807) is 6.08 Å². The number of benzene rings is 1. The van der Waals surface area contributed by atoms with Crippen LogP contribution in [0.15, 0.2) is 29.2 Å². The molecule has 0 N–H and O–H groups in total. The summed E-state index contributed by atoms with van der Waals surface area (Å²) in [7, 11) is 1.40. The molecule has 19 heavy (non-hydrogen) atoms. The standard InChI is InChI=1S/C16H20O2S/c1-11(9-15(17)18-4)12-5-6-14-13(10-12)16(2,3)7-8-19-14/h5-6,9-10H,7-8H2,1-4H3/b11-9-. The van der Waals surface area contributed by atoms with Gasteiger partial charge in [-0.05, 0) is 53.3 Å². The maximum atomic E-state index is 11.3. The second-order valence-corrected chi connectivity index (χ2v) is 6.68. The molecule has 1 heterocycles. The van der Waals surface area contributed by atoms with Gasteiger partial charge in [-0.2, -0.15) is 0 Å². The van der Waals surface area contributed by atoms with Crippen molar-refractivity contribution in [1.29, 1.82) is 0 Å². The van der Waals surface area contributed by atoms with Crippen molar-refractivity contribution in [2.45, 2.75) is 37.5 Å². The number of ether oxygens (including phenoxy) is 1. The van der Waals surface area contributed by atoms with Crippen LogP contribution in [0.4, 0.5) is 0 Å². The van der Waals surface area contributed by atoms with E-state index in [1.807, 2.05) is 18.7 Å². The number of hydrogen-bond acceptors (Lipinski definition) is 3. The third-order valence-corrected chi connectivity index (χ3v) is 4.76. The molecule has 0 aliphatic carbocycles. The molecule has 0 unspecified atom stereocenters. The number of carbonyl (C=O) groups is 1. The van der Waals surface area contributed by atoms with Gasteiger partial charge >= 0.3 is 5.97 Å². The zero-order valence-corrected chi connectivity index (χ0v) is 12.8. The highest BCUT2D eigenvalue weighted by molar-refractivity contribution is 7.99. The fourth-order valence-corrected chi connectivity index (χ4v) is 3.79. The third kappa shape index (κ3) is 3.03. The van der Waals surface area contributed by atoms with E-state index in [4.69, 9.17) is 0 Å². The molecule has 1 aliphatic rings. The third-order valence-electron chi connectivity index (χ3n) is 3.68. The van der Waals surface area contributed by atoms with Gasteiger partial charge in [-0.1, -0.05) is 19.9 Å². The van der Waals surface area contributed by atoms with Gasteiger partial charge in [0.2, 0.25) is 0 Å². The maximum Gasteiger partial charge on any atom is 0.330 e. The Labute approximate surface area is 119 Å². The number of rotatable bonds is 2. The van der Waals surface area contributed by atoms with E-state index in [2.05, 4.69) is 36.8 Å². The second-order valence-electron chi connectivity index (χ2n) is 5.54. The quantitative estimate of drug-likeness (QED) is 0.602. The Morgan fingerprint density at radius 1 is 1.42 bits per heavy atom. The summed E-state index contributed by atoms with van der Waals surface area (Å²) in [5, 5.41) is 0. The topological polar surface area (TPSA) is 26.3 Å². The molecule has 0 atom stereocenters. The van der Waals surface area contributed by atoms with Crippen LogP contribution in [0.5, 0.6) is 0 Å². The van der Waals surface area contributed by atoms with Crippen LogP contribution in [0.2, 0.25) is 0 Å². The normalized spacial score (nSPS) is 17.8. The smallest absolute Gasteiger partial charge is 0.330 e. The number of esters is 1. The molecule has 1 aliphatic heterocycles.